The van der Waals surface area contributed by atoms with E-state index in [9.17, 15) is 4.79 Å². The van der Waals surface area contributed by atoms with E-state index in [1.165, 1.54) is 6.08 Å². The van der Waals surface area contributed by atoms with Crippen molar-refractivity contribution in [2.45, 2.75) is 19.8 Å². The van der Waals surface area contributed by atoms with Crippen LogP contribution in [-0.2, 0) is 4.79 Å². The lowest BCUT2D eigenvalue weighted by Crippen LogP contribution is -2.10. The molecule has 0 fully saturated rings. The third-order valence-corrected chi connectivity index (χ3v) is 4.53. The standard InChI is InChI=1S/C19H18N2OS/c1-13(2)14-7-3-4-8-15(14)20-18(22)11-12-19-21-16-9-5-6-10-17(16)23-19/h3-13H,1-2H3,(H,20,22). The van der Waals surface area contributed by atoms with Crippen LogP contribution in [0.4, 0.5) is 5.69 Å². The Labute approximate surface area is 139 Å². The summed E-state index contributed by atoms with van der Waals surface area (Å²) >= 11 is 1.58. The summed E-state index contributed by atoms with van der Waals surface area (Å²) in [6.07, 6.45) is 3.30. The average molecular weight is 322 g/mol. The Hall–Kier alpha value is -2.46. The lowest BCUT2D eigenvalue weighted by atomic mass is 10.0. The second-order valence-corrected chi connectivity index (χ2v) is 6.65. The van der Waals surface area contributed by atoms with Gasteiger partial charge in [-0.2, -0.15) is 0 Å². The summed E-state index contributed by atoms with van der Waals surface area (Å²) in [5.41, 5.74) is 2.96. The summed E-state index contributed by atoms with van der Waals surface area (Å²) in [5, 5.41) is 3.78. The molecule has 1 heterocycles. The van der Waals surface area contributed by atoms with Crippen molar-refractivity contribution in [2.24, 2.45) is 0 Å². The van der Waals surface area contributed by atoms with Crippen molar-refractivity contribution in [2.75, 3.05) is 5.32 Å². The Morgan fingerprint density at radius 1 is 1.13 bits per heavy atom. The van der Waals surface area contributed by atoms with Gasteiger partial charge in [0, 0.05) is 11.8 Å². The number of carbonyl (C=O) groups is 1. The maximum Gasteiger partial charge on any atom is 0.248 e. The summed E-state index contributed by atoms with van der Waals surface area (Å²) in [7, 11) is 0. The van der Waals surface area contributed by atoms with Gasteiger partial charge in [-0.15, -0.1) is 11.3 Å². The summed E-state index contributed by atoms with van der Waals surface area (Å²) in [6, 6.07) is 15.8. The zero-order valence-corrected chi connectivity index (χ0v) is 13.9. The molecular formula is C19H18N2OS. The highest BCUT2D eigenvalue weighted by Crippen LogP contribution is 2.24. The van der Waals surface area contributed by atoms with E-state index in [4.69, 9.17) is 0 Å². The second kappa shape index (κ2) is 6.75. The molecule has 1 N–H and O–H groups in total. The first-order valence-corrected chi connectivity index (χ1v) is 8.38. The highest BCUT2D eigenvalue weighted by atomic mass is 32.1. The molecule has 3 nitrogen and oxygen atoms in total. The molecule has 0 aliphatic carbocycles. The molecule has 2 aromatic carbocycles. The van der Waals surface area contributed by atoms with Crippen LogP contribution in [0.1, 0.15) is 30.3 Å². The van der Waals surface area contributed by atoms with Crippen LogP contribution >= 0.6 is 11.3 Å². The molecule has 0 radical (unpaired) electrons. The summed E-state index contributed by atoms with van der Waals surface area (Å²) in [5.74, 6) is 0.220. The molecule has 23 heavy (non-hydrogen) atoms. The number of fused-ring (bicyclic) bond motifs is 1. The van der Waals surface area contributed by atoms with E-state index in [0.717, 1.165) is 26.5 Å². The number of aromatic nitrogens is 1. The number of anilines is 1. The Kier molecular flexibility index (Phi) is 4.53. The monoisotopic (exact) mass is 322 g/mol. The third kappa shape index (κ3) is 3.66. The quantitative estimate of drug-likeness (QED) is 0.681. The average Bonchev–Trinajstić information content (AvgIpc) is 2.96. The molecule has 1 aromatic heterocycles. The zero-order valence-electron chi connectivity index (χ0n) is 13.1. The topological polar surface area (TPSA) is 42.0 Å². The van der Waals surface area contributed by atoms with E-state index in [-0.39, 0.29) is 5.91 Å². The minimum absolute atomic E-state index is 0.141. The van der Waals surface area contributed by atoms with E-state index in [1.807, 2.05) is 48.5 Å². The molecule has 3 rings (SSSR count). The zero-order chi connectivity index (χ0) is 16.2. The van der Waals surface area contributed by atoms with Crippen molar-refractivity contribution in [3.63, 3.8) is 0 Å². The van der Waals surface area contributed by atoms with Gasteiger partial charge in [0.1, 0.15) is 5.01 Å². The van der Waals surface area contributed by atoms with Gasteiger partial charge < -0.3 is 5.32 Å². The molecule has 3 aromatic rings. The Morgan fingerprint density at radius 3 is 2.65 bits per heavy atom. The first kappa shape index (κ1) is 15.4. The number of nitrogens with zero attached hydrogens (tertiary/aromatic N) is 1. The van der Waals surface area contributed by atoms with Gasteiger partial charge in [0.25, 0.3) is 0 Å². The van der Waals surface area contributed by atoms with Gasteiger partial charge in [0.2, 0.25) is 5.91 Å². The first-order valence-electron chi connectivity index (χ1n) is 7.57. The van der Waals surface area contributed by atoms with Crippen molar-refractivity contribution in [1.82, 2.24) is 4.98 Å². The van der Waals surface area contributed by atoms with Crippen molar-refractivity contribution in [1.29, 1.82) is 0 Å². The number of thiazole rings is 1. The molecule has 0 aliphatic rings. The SMILES string of the molecule is CC(C)c1ccccc1NC(=O)C=Cc1nc2ccccc2s1. The lowest BCUT2D eigenvalue weighted by Gasteiger charge is -2.12. The van der Waals surface area contributed by atoms with Gasteiger partial charge in [-0.3, -0.25) is 4.79 Å². The number of hydrogen-bond acceptors (Lipinski definition) is 3. The number of amides is 1. The largest absolute Gasteiger partial charge is 0.322 e. The van der Waals surface area contributed by atoms with Crippen LogP contribution in [0.3, 0.4) is 0 Å². The van der Waals surface area contributed by atoms with Gasteiger partial charge in [-0.05, 0) is 35.8 Å². The Bertz CT molecular complexity index is 831. The minimum Gasteiger partial charge on any atom is -0.322 e. The molecule has 0 atom stereocenters. The molecular weight excluding hydrogens is 304 g/mol. The van der Waals surface area contributed by atoms with E-state index in [1.54, 1.807) is 17.4 Å². The van der Waals surface area contributed by atoms with Crippen molar-refractivity contribution in [3.05, 3.63) is 65.2 Å². The third-order valence-electron chi connectivity index (χ3n) is 3.53. The number of nitrogens with one attached hydrogen (secondary N) is 1. The smallest absolute Gasteiger partial charge is 0.248 e. The highest BCUT2D eigenvalue weighted by molar-refractivity contribution is 7.19. The van der Waals surface area contributed by atoms with Crippen molar-refractivity contribution < 1.29 is 4.79 Å². The number of benzene rings is 2. The molecule has 0 aliphatic heterocycles. The molecule has 0 bridgehead atoms. The highest BCUT2D eigenvalue weighted by Gasteiger charge is 2.07. The minimum atomic E-state index is -0.141. The fourth-order valence-electron chi connectivity index (χ4n) is 2.40. The van der Waals surface area contributed by atoms with E-state index < -0.39 is 0 Å². The first-order chi connectivity index (χ1) is 11.1. The summed E-state index contributed by atoms with van der Waals surface area (Å²) in [4.78, 5) is 16.6. The van der Waals surface area contributed by atoms with Crippen LogP contribution in [0.25, 0.3) is 16.3 Å². The summed E-state index contributed by atoms with van der Waals surface area (Å²) in [6.45, 7) is 4.23. The normalized spacial score (nSPS) is 11.4. The fraction of sp³-hybridized carbons (Fsp3) is 0.158. The van der Waals surface area contributed by atoms with Gasteiger partial charge in [0.05, 0.1) is 10.2 Å². The van der Waals surface area contributed by atoms with Crippen LogP contribution in [-0.4, -0.2) is 10.9 Å². The van der Waals surface area contributed by atoms with Crippen molar-refractivity contribution in [3.8, 4) is 0 Å². The lowest BCUT2D eigenvalue weighted by molar-refractivity contribution is -0.111. The molecule has 0 unspecified atom stereocenters. The molecule has 0 saturated carbocycles. The predicted octanol–water partition coefficient (Wildman–Crippen LogP) is 5.07. The Balaban J connectivity index is 1.74. The van der Waals surface area contributed by atoms with Gasteiger partial charge in [0.15, 0.2) is 0 Å². The molecule has 0 saturated heterocycles. The molecule has 1 amide bonds. The number of carbonyl (C=O) groups excluding carboxylic acids is 1. The van der Waals surface area contributed by atoms with E-state index in [2.05, 4.69) is 24.1 Å². The van der Waals surface area contributed by atoms with Crippen molar-refractivity contribution >= 4 is 39.2 Å². The maximum absolute atomic E-state index is 12.2. The fourth-order valence-corrected chi connectivity index (χ4v) is 3.27. The maximum atomic E-state index is 12.2. The number of para-hydroxylation sites is 2. The van der Waals surface area contributed by atoms with E-state index >= 15 is 0 Å². The second-order valence-electron chi connectivity index (χ2n) is 5.58. The predicted molar refractivity (Wildman–Crippen MR) is 97.8 cm³/mol. The number of rotatable bonds is 4. The molecule has 4 heteroatoms. The van der Waals surface area contributed by atoms with Crippen LogP contribution in [0, 0.1) is 0 Å². The van der Waals surface area contributed by atoms with Gasteiger partial charge >= 0.3 is 0 Å². The van der Waals surface area contributed by atoms with E-state index in [0.29, 0.717) is 5.92 Å². The van der Waals surface area contributed by atoms with Crippen LogP contribution < -0.4 is 5.32 Å². The Morgan fingerprint density at radius 2 is 1.87 bits per heavy atom. The van der Waals surface area contributed by atoms with Crippen LogP contribution in [0.2, 0.25) is 0 Å². The van der Waals surface area contributed by atoms with Gasteiger partial charge in [-0.25, -0.2) is 4.98 Å². The van der Waals surface area contributed by atoms with Crippen LogP contribution in [0.5, 0.6) is 0 Å². The number of hydrogen-bond donors (Lipinski definition) is 1. The van der Waals surface area contributed by atoms with Gasteiger partial charge in [-0.1, -0.05) is 44.2 Å². The summed E-state index contributed by atoms with van der Waals surface area (Å²) < 4.78 is 1.12. The van der Waals surface area contributed by atoms with Crippen LogP contribution in [0.15, 0.2) is 54.6 Å². The molecule has 116 valence electrons. The molecule has 0 spiro atoms.